The monoisotopic (exact) mass is 165 g/mol. The smallest absolute Gasteiger partial charge is 0.255 e. The topological polar surface area (TPSA) is 20.3 Å². The molecule has 0 heterocycles. The lowest BCUT2D eigenvalue weighted by molar-refractivity contribution is -0.134. The van der Waals surface area contributed by atoms with Gasteiger partial charge in [0, 0.05) is 13.0 Å². The third-order valence-electron chi connectivity index (χ3n) is 1.28. The number of hydrogen-bond acceptors (Lipinski definition) is 1. The predicted molar refractivity (Wildman–Crippen MR) is 38.5 cm³/mol. The lowest BCUT2D eigenvalue weighted by Crippen LogP contribution is -2.34. The Labute approximate surface area is 65.2 Å². The molecule has 0 saturated carbocycles. The van der Waals surface area contributed by atoms with E-state index in [9.17, 15) is 13.6 Å². The molecule has 1 amide bonds. The number of alkyl halides is 2. The first-order valence-corrected chi connectivity index (χ1v) is 3.48. The van der Waals surface area contributed by atoms with Gasteiger partial charge in [0.2, 0.25) is 5.91 Å². The Kier molecular flexibility index (Phi) is 4.00. The largest absolute Gasteiger partial charge is 0.340 e. The highest BCUT2D eigenvalue weighted by Crippen LogP contribution is 2.01. The summed E-state index contributed by atoms with van der Waals surface area (Å²) in [4.78, 5) is 12.0. The van der Waals surface area contributed by atoms with E-state index >= 15 is 0 Å². The van der Waals surface area contributed by atoms with E-state index in [2.05, 4.69) is 0 Å². The van der Waals surface area contributed by atoms with Gasteiger partial charge in [-0.05, 0) is 0 Å². The Morgan fingerprint density at radius 2 is 1.91 bits per heavy atom. The van der Waals surface area contributed by atoms with Crippen LogP contribution in [0.2, 0.25) is 0 Å². The van der Waals surface area contributed by atoms with Gasteiger partial charge in [0.15, 0.2) is 0 Å². The van der Waals surface area contributed by atoms with Gasteiger partial charge in [-0.3, -0.25) is 4.79 Å². The van der Waals surface area contributed by atoms with E-state index in [0.717, 1.165) is 4.90 Å². The van der Waals surface area contributed by atoms with Crippen molar-refractivity contribution in [1.29, 1.82) is 0 Å². The van der Waals surface area contributed by atoms with Crippen molar-refractivity contribution in [2.24, 2.45) is 5.92 Å². The number of amides is 1. The Morgan fingerprint density at radius 3 is 2.18 bits per heavy atom. The second-order valence-corrected chi connectivity index (χ2v) is 2.76. The van der Waals surface area contributed by atoms with Crippen LogP contribution in [0.15, 0.2) is 0 Å². The van der Waals surface area contributed by atoms with Gasteiger partial charge in [0.05, 0.1) is 6.54 Å². The summed E-state index contributed by atoms with van der Waals surface area (Å²) in [6.07, 6.45) is -2.44. The molecule has 0 aromatic heterocycles. The number of carbonyl (C=O) groups excluding carboxylic acids is 1. The highest BCUT2D eigenvalue weighted by Gasteiger charge is 2.16. The second-order valence-electron chi connectivity index (χ2n) is 2.76. The molecule has 0 saturated heterocycles. The molecule has 0 radical (unpaired) electrons. The molecule has 0 rings (SSSR count). The molecule has 0 unspecified atom stereocenters. The summed E-state index contributed by atoms with van der Waals surface area (Å²) in [7, 11) is 1.38. The Morgan fingerprint density at radius 1 is 1.45 bits per heavy atom. The van der Waals surface area contributed by atoms with Gasteiger partial charge in [-0.15, -0.1) is 0 Å². The second kappa shape index (κ2) is 4.26. The van der Waals surface area contributed by atoms with Crippen LogP contribution in [-0.2, 0) is 4.79 Å². The van der Waals surface area contributed by atoms with Crippen LogP contribution in [0.1, 0.15) is 13.8 Å². The van der Waals surface area contributed by atoms with Crippen molar-refractivity contribution in [3.05, 3.63) is 0 Å². The van der Waals surface area contributed by atoms with Gasteiger partial charge in [-0.25, -0.2) is 8.78 Å². The van der Waals surface area contributed by atoms with E-state index in [0.29, 0.717) is 0 Å². The molecule has 4 heteroatoms. The molecule has 0 spiro atoms. The highest BCUT2D eigenvalue weighted by atomic mass is 19.3. The predicted octanol–water partition coefficient (Wildman–Crippen LogP) is 1.37. The zero-order chi connectivity index (χ0) is 9.02. The minimum absolute atomic E-state index is 0.209. The van der Waals surface area contributed by atoms with E-state index in [-0.39, 0.29) is 11.8 Å². The van der Waals surface area contributed by atoms with E-state index in [1.54, 1.807) is 13.8 Å². The fraction of sp³-hybridized carbons (Fsp3) is 0.857. The number of hydrogen-bond donors (Lipinski definition) is 0. The first kappa shape index (κ1) is 10.3. The van der Waals surface area contributed by atoms with Crippen molar-refractivity contribution in [2.45, 2.75) is 20.3 Å². The van der Waals surface area contributed by atoms with Crippen LogP contribution >= 0.6 is 0 Å². The summed E-state index contributed by atoms with van der Waals surface area (Å²) in [5, 5.41) is 0. The molecule has 2 nitrogen and oxygen atoms in total. The van der Waals surface area contributed by atoms with Crippen LogP contribution in [0.5, 0.6) is 0 Å². The lowest BCUT2D eigenvalue weighted by Gasteiger charge is -2.18. The fourth-order valence-electron chi connectivity index (χ4n) is 0.738. The molecular weight excluding hydrogens is 152 g/mol. The molecular formula is C7H13F2NO. The molecule has 0 aliphatic heterocycles. The van der Waals surface area contributed by atoms with Crippen molar-refractivity contribution in [3.63, 3.8) is 0 Å². The quantitative estimate of drug-likeness (QED) is 0.618. The summed E-state index contributed by atoms with van der Waals surface area (Å²) >= 11 is 0. The van der Waals surface area contributed by atoms with Gasteiger partial charge in [-0.1, -0.05) is 13.8 Å². The molecule has 0 aliphatic rings. The molecule has 0 fully saturated rings. The first-order chi connectivity index (χ1) is 4.95. The maximum Gasteiger partial charge on any atom is 0.255 e. The van der Waals surface area contributed by atoms with Crippen LogP contribution in [0.4, 0.5) is 8.78 Å². The molecule has 0 atom stereocenters. The van der Waals surface area contributed by atoms with Gasteiger partial charge in [0.25, 0.3) is 6.43 Å². The lowest BCUT2D eigenvalue weighted by atomic mass is 10.2. The SMILES string of the molecule is CC(C)C(=O)N(C)CC(F)F. The molecule has 0 bridgehead atoms. The summed E-state index contributed by atoms with van der Waals surface area (Å²) in [6, 6.07) is 0. The number of halogens is 2. The van der Waals surface area contributed by atoms with E-state index in [1.807, 2.05) is 0 Å². The number of rotatable bonds is 3. The van der Waals surface area contributed by atoms with Crippen LogP contribution in [0.3, 0.4) is 0 Å². The van der Waals surface area contributed by atoms with Crippen molar-refractivity contribution in [3.8, 4) is 0 Å². The zero-order valence-electron chi connectivity index (χ0n) is 6.97. The van der Waals surface area contributed by atoms with Crippen LogP contribution in [0, 0.1) is 5.92 Å². The Bertz CT molecular complexity index is 136. The van der Waals surface area contributed by atoms with E-state index < -0.39 is 13.0 Å². The summed E-state index contributed by atoms with van der Waals surface area (Å²) < 4.78 is 23.4. The molecule has 0 N–H and O–H groups in total. The van der Waals surface area contributed by atoms with Crippen molar-refractivity contribution in [1.82, 2.24) is 4.90 Å². The molecule has 66 valence electrons. The van der Waals surface area contributed by atoms with Gasteiger partial charge in [0.1, 0.15) is 0 Å². The third kappa shape index (κ3) is 3.91. The van der Waals surface area contributed by atoms with Crippen LogP contribution in [-0.4, -0.2) is 30.8 Å². The molecule has 0 aliphatic carbocycles. The zero-order valence-corrected chi connectivity index (χ0v) is 6.97. The van der Waals surface area contributed by atoms with Crippen LogP contribution in [0.25, 0.3) is 0 Å². The standard InChI is InChI=1S/C7H13F2NO/c1-5(2)7(11)10(3)4-6(8)9/h5-6H,4H2,1-3H3. The van der Waals surface area contributed by atoms with E-state index in [4.69, 9.17) is 0 Å². The Balaban J connectivity index is 3.83. The van der Waals surface area contributed by atoms with Gasteiger partial charge in [-0.2, -0.15) is 0 Å². The Hall–Kier alpha value is -0.670. The minimum Gasteiger partial charge on any atom is -0.340 e. The fourth-order valence-corrected chi connectivity index (χ4v) is 0.738. The number of carbonyl (C=O) groups is 1. The molecule has 0 aromatic rings. The normalized spacial score (nSPS) is 10.8. The van der Waals surface area contributed by atoms with Crippen LogP contribution < -0.4 is 0 Å². The summed E-state index contributed by atoms with van der Waals surface area (Å²) in [5.41, 5.74) is 0. The summed E-state index contributed by atoms with van der Waals surface area (Å²) in [6.45, 7) is 2.89. The van der Waals surface area contributed by atoms with Gasteiger partial charge < -0.3 is 4.90 Å². The maximum absolute atomic E-state index is 11.7. The highest BCUT2D eigenvalue weighted by molar-refractivity contribution is 5.77. The van der Waals surface area contributed by atoms with Crippen molar-refractivity contribution >= 4 is 5.91 Å². The van der Waals surface area contributed by atoms with Crippen molar-refractivity contribution in [2.75, 3.05) is 13.6 Å². The van der Waals surface area contributed by atoms with E-state index in [1.165, 1.54) is 7.05 Å². The maximum atomic E-state index is 11.7. The summed E-state index contributed by atoms with van der Waals surface area (Å²) in [5.74, 6) is -0.455. The molecule has 0 aromatic carbocycles. The minimum atomic E-state index is -2.44. The first-order valence-electron chi connectivity index (χ1n) is 3.48. The van der Waals surface area contributed by atoms with Gasteiger partial charge >= 0.3 is 0 Å². The average molecular weight is 165 g/mol. The number of nitrogens with zero attached hydrogens (tertiary/aromatic N) is 1. The molecule has 11 heavy (non-hydrogen) atoms. The third-order valence-corrected chi connectivity index (χ3v) is 1.28. The van der Waals surface area contributed by atoms with Crippen molar-refractivity contribution < 1.29 is 13.6 Å². The average Bonchev–Trinajstić information content (AvgIpc) is 1.84.